The predicted octanol–water partition coefficient (Wildman–Crippen LogP) is 5.07. The topological polar surface area (TPSA) is 18.5 Å². The highest BCUT2D eigenvalue weighted by Gasteiger charge is 2.07. The number of benzene rings is 2. The maximum absolute atomic E-state index is 13.2. The smallest absolute Gasteiger partial charge is 0.161 e. The van der Waals surface area contributed by atoms with Crippen molar-refractivity contribution in [2.75, 3.05) is 7.11 Å². The average Bonchev–Trinajstić information content (AvgIpc) is 2.48. The van der Waals surface area contributed by atoms with Gasteiger partial charge in [0.1, 0.15) is 12.4 Å². The lowest BCUT2D eigenvalue weighted by atomic mass is 10.2. The number of hydrogen-bond acceptors (Lipinski definition) is 2. The summed E-state index contributed by atoms with van der Waals surface area (Å²) < 4.78 is 24.6. The Bertz CT molecular complexity index is 602. The van der Waals surface area contributed by atoms with Gasteiger partial charge in [-0.05, 0) is 51.3 Å². The first-order valence-corrected chi connectivity index (χ1v) is 7.85. The van der Waals surface area contributed by atoms with Crippen LogP contribution < -0.4 is 9.47 Å². The molecule has 0 radical (unpaired) electrons. The van der Waals surface area contributed by atoms with Crippen molar-refractivity contribution >= 4 is 31.9 Å². The first-order valence-electron chi connectivity index (χ1n) is 5.93. The van der Waals surface area contributed by atoms with Gasteiger partial charge in [0.15, 0.2) is 11.5 Å². The highest BCUT2D eigenvalue weighted by molar-refractivity contribution is 9.10. The maximum Gasteiger partial charge on any atom is 0.161 e. The summed E-state index contributed by atoms with van der Waals surface area (Å²) >= 11 is 6.57. The molecule has 2 nitrogen and oxygen atoms in total. The summed E-state index contributed by atoms with van der Waals surface area (Å²) in [6.07, 6.45) is 0. The standard InChI is InChI=1S/C15H13Br2FO2/c1-19-14-5-3-10(8-16)7-15(14)20-9-11-2-4-13(18)12(17)6-11/h2-7H,8-9H2,1H3. The second-order valence-corrected chi connectivity index (χ2v) is 5.57. The fourth-order valence-corrected chi connectivity index (χ4v) is 2.48. The van der Waals surface area contributed by atoms with E-state index in [1.165, 1.54) is 6.07 Å². The molecule has 0 unspecified atom stereocenters. The third kappa shape index (κ3) is 3.73. The van der Waals surface area contributed by atoms with Gasteiger partial charge < -0.3 is 9.47 Å². The van der Waals surface area contributed by atoms with Crippen LogP contribution in [0.25, 0.3) is 0 Å². The van der Waals surface area contributed by atoms with Crippen molar-refractivity contribution in [1.29, 1.82) is 0 Å². The molecule has 2 rings (SSSR count). The van der Waals surface area contributed by atoms with Gasteiger partial charge in [0.2, 0.25) is 0 Å². The zero-order valence-electron chi connectivity index (χ0n) is 10.8. The van der Waals surface area contributed by atoms with E-state index < -0.39 is 0 Å². The SMILES string of the molecule is COc1ccc(CBr)cc1OCc1ccc(F)c(Br)c1. The molecular formula is C15H13Br2FO2. The van der Waals surface area contributed by atoms with E-state index in [0.717, 1.165) is 16.5 Å². The first kappa shape index (κ1) is 15.3. The molecule has 0 saturated heterocycles. The van der Waals surface area contributed by atoms with Gasteiger partial charge in [-0.15, -0.1) is 0 Å². The van der Waals surface area contributed by atoms with Gasteiger partial charge in [-0.1, -0.05) is 28.1 Å². The van der Waals surface area contributed by atoms with Crippen LogP contribution in [0.1, 0.15) is 11.1 Å². The van der Waals surface area contributed by atoms with E-state index in [2.05, 4.69) is 31.9 Å². The third-order valence-corrected chi connectivity index (χ3v) is 4.02. The van der Waals surface area contributed by atoms with Crippen LogP contribution in [0.2, 0.25) is 0 Å². The number of hydrogen-bond donors (Lipinski definition) is 0. The minimum absolute atomic E-state index is 0.285. The van der Waals surface area contributed by atoms with Crippen LogP contribution in [0, 0.1) is 5.82 Å². The second kappa shape index (κ2) is 7.09. The molecule has 0 amide bonds. The van der Waals surface area contributed by atoms with Gasteiger partial charge in [-0.2, -0.15) is 0 Å². The van der Waals surface area contributed by atoms with Gasteiger partial charge in [0, 0.05) is 5.33 Å². The van der Waals surface area contributed by atoms with Crippen LogP contribution in [0.15, 0.2) is 40.9 Å². The van der Waals surface area contributed by atoms with E-state index in [-0.39, 0.29) is 5.82 Å². The van der Waals surface area contributed by atoms with E-state index >= 15 is 0 Å². The molecule has 2 aromatic rings. The molecule has 106 valence electrons. The summed E-state index contributed by atoms with van der Waals surface area (Å²) in [5, 5.41) is 0.745. The minimum Gasteiger partial charge on any atom is -0.493 e. The Morgan fingerprint density at radius 1 is 1.05 bits per heavy atom. The van der Waals surface area contributed by atoms with Gasteiger partial charge in [-0.25, -0.2) is 4.39 Å². The van der Waals surface area contributed by atoms with E-state index in [4.69, 9.17) is 9.47 Å². The lowest BCUT2D eigenvalue weighted by Crippen LogP contribution is -1.99. The Kier molecular flexibility index (Phi) is 5.43. The van der Waals surface area contributed by atoms with Gasteiger partial charge in [-0.3, -0.25) is 0 Å². The molecule has 0 aliphatic rings. The molecular weight excluding hydrogens is 391 g/mol. The van der Waals surface area contributed by atoms with Crippen LogP contribution in [-0.4, -0.2) is 7.11 Å². The summed E-state index contributed by atoms with van der Waals surface area (Å²) in [4.78, 5) is 0. The Morgan fingerprint density at radius 3 is 2.45 bits per heavy atom. The molecule has 0 spiro atoms. The van der Waals surface area contributed by atoms with Crippen LogP contribution >= 0.6 is 31.9 Å². The lowest BCUT2D eigenvalue weighted by Gasteiger charge is -2.12. The van der Waals surface area contributed by atoms with Gasteiger partial charge >= 0.3 is 0 Å². The van der Waals surface area contributed by atoms with Crippen LogP contribution in [0.5, 0.6) is 11.5 Å². The quantitative estimate of drug-likeness (QED) is 0.648. The predicted molar refractivity (Wildman–Crippen MR) is 84.1 cm³/mol. The zero-order chi connectivity index (χ0) is 14.5. The molecule has 0 saturated carbocycles. The largest absolute Gasteiger partial charge is 0.493 e. The van der Waals surface area contributed by atoms with Crippen molar-refractivity contribution in [3.8, 4) is 11.5 Å². The molecule has 0 N–H and O–H groups in total. The summed E-state index contributed by atoms with van der Waals surface area (Å²) in [6.45, 7) is 0.348. The number of methoxy groups -OCH3 is 1. The molecule has 0 aromatic heterocycles. The highest BCUT2D eigenvalue weighted by Crippen LogP contribution is 2.30. The molecule has 2 aromatic carbocycles. The molecule has 0 bridgehead atoms. The highest BCUT2D eigenvalue weighted by atomic mass is 79.9. The Labute approximate surface area is 134 Å². The summed E-state index contributed by atoms with van der Waals surface area (Å²) in [5.41, 5.74) is 1.98. The number of ether oxygens (including phenoxy) is 2. The lowest BCUT2D eigenvalue weighted by molar-refractivity contribution is 0.284. The number of halogens is 3. The molecule has 0 aliphatic heterocycles. The van der Waals surface area contributed by atoms with Crippen LogP contribution in [-0.2, 0) is 11.9 Å². The fourth-order valence-electron chi connectivity index (χ4n) is 1.71. The van der Waals surface area contributed by atoms with E-state index in [0.29, 0.717) is 22.6 Å². The van der Waals surface area contributed by atoms with E-state index in [1.807, 2.05) is 18.2 Å². The summed E-state index contributed by atoms with van der Waals surface area (Å²) in [5.74, 6) is 1.06. The minimum atomic E-state index is -0.285. The number of alkyl halides is 1. The third-order valence-electron chi connectivity index (χ3n) is 2.76. The fraction of sp³-hybridized carbons (Fsp3) is 0.200. The molecule has 20 heavy (non-hydrogen) atoms. The van der Waals surface area contributed by atoms with Crippen LogP contribution in [0.4, 0.5) is 4.39 Å². The van der Waals surface area contributed by atoms with Crippen molar-refractivity contribution < 1.29 is 13.9 Å². The Morgan fingerprint density at radius 2 is 1.80 bits per heavy atom. The van der Waals surface area contributed by atoms with Gasteiger partial charge in [0.25, 0.3) is 0 Å². The molecule has 0 atom stereocenters. The Hall–Kier alpha value is -1.07. The first-order chi connectivity index (χ1) is 9.63. The van der Waals surface area contributed by atoms with Crippen molar-refractivity contribution in [2.45, 2.75) is 11.9 Å². The summed E-state index contributed by atoms with van der Waals surface area (Å²) in [6, 6.07) is 10.6. The molecule has 0 fully saturated rings. The zero-order valence-corrected chi connectivity index (χ0v) is 14.0. The van der Waals surface area contributed by atoms with Gasteiger partial charge in [0.05, 0.1) is 11.6 Å². The monoisotopic (exact) mass is 402 g/mol. The van der Waals surface area contributed by atoms with Crippen molar-refractivity contribution in [2.24, 2.45) is 0 Å². The van der Waals surface area contributed by atoms with Crippen molar-refractivity contribution in [3.05, 3.63) is 57.8 Å². The molecule has 0 heterocycles. The summed E-state index contributed by atoms with van der Waals surface area (Å²) in [7, 11) is 1.60. The molecule has 0 aliphatic carbocycles. The van der Waals surface area contributed by atoms with Crippen molar-refractivity contribution in [1.82, 2.24) is 0 Å². The maximum atomic E-state index is 13.2. The normalized spacial score (nSPS) is 10.4. The Balaban J connectivity index is 2.15. The number of rotatable bonds is 5. The van der Waals surface area contributed by atoms with E-state index in [1.54, 1.807) is 19.2 Å². The molecule has 5 heteroatoms. The average molecular weight is 404 g/mol. The van der Waals surface area contributed by atoms with Crippen LogP contribution in [0.3, 0.4) is 0 Å². The van der Waals surface area contributed by atoms with Crippen molar-refractivity contribution in [3.63, 3.8) is 0 Å². The second-order valence-electron chi connectivity index (χ2n) is 4.16. The van der Waals surface area contributed by atoms with E-state index in [9.17, 15) is 4.39 Å².